The van der Waals surface area contributed by atoms with Crippen LogP contribution in [0, 0.1) is 13.8 Å². The summed E-state index contributed by atoms with van der Waals surface area (Å²) >= 11 is 0. The zero-order chi connectivity index (χ0) is 25.5. The number of nitrogens with zero attached hydrogens (tertiary/aromatic N) is 4. The molecule has 35 heavy (non-hydrogen) atoms. The number of benzene rings is 1. The second-order valence-electron chi connectivity index (χ2n) is 8.50. The van der Waals surface area contributed by atoms with Gasteiger partial charge in [-0.3, -0.25) is 4.79 Å². The fourth-order valence-corrected chi connectivity index (χ4v) is 3.42. The van der Waals surface area contributed by atoms with Crippen molar-refractivity contribution in [2.24, 2.45) is 0 Å². The third-order valence-electron chi connectivity index (χ3n) is 5.01. The maximum absolute atomic E-state index is 11.1. The van der Waals surface area contributed by atoms with Crippen molar-refractivity contribution in [2.45, 2.75) is 53.2 Å². The second kappa shape index (κ2) is 11.7. The molecule has 0 aliphatic rings. The molecular formula is C24H32N6O5. The third-order valence-corrected chi connectivity index (χ3v) is 5.01. The minimum absolute atomic E-state index is 0.0105. The minimum atomic E-state index is -0.917. The van der Waals surface area contributed by atoms with Gasteiger partial charge < -0.3 is 30.1 Å². The van der Waals surface area contributed by atoms with Crippen LogP contribution in [0.3, 0.4) is 0 Å². The minimum Gasteiger partial charge on any atom is -0.490 e. The van der Waals surface area contributed by atoms with Gasteiger partial charge in [0.2, 0.25) is 17.7 Å². The molecule has 0 fully saturated rings. The molecule has 0 saturated carbocycles. The Labute approximate surface area is 204 Å². The molecule has 2 aromatic heterocycles. The first-order valence-corrected chi connectivity index (χ1v) is 11.5. The average molecular weight is 485 g/mol. The monoisotopic (exact) mass is 484 g/mol. The average Bonchev–Trinajstić information content (AvgIpc) is 3.31. The van der Waals surface area contributed by atoms with Gasteiger partial charge in [0.1, 0.15) is 30.8 Å². The Morgan fingerprint density at radius 3 is 2.63 bits per heavy atom. The number of rotatable bonds is 11. The molecule has 188 valence electrons. The number of aliphatic hydroxyl groups excluding tert-OH is 2. The highest BCUT2D eigenvalue weighted by Gasteiger charge is 2.18. The van der Waals surface area contributed by atoms with Crippen LogP contribution in [0.2, 0.25) is 0 Å². The van der Waals surface area contributed by atoms with E-state index in [1.807, 2.05) is 46.8 Å². The SMILES string of the molecule is CCc1cc(-c2nc(-c3cc(C)nc(NC(C)C)n3)no2)cc(C)c1OC[C@@H](O)CNC(=O)CO. The lowest BCUT2D eigenvalue weighted by Crippen LogP contribution is -2.36. The van der Waals surface area contributed by atoms with Crippen molar-refractivity contribution >= 4 is 11.9 Å². The Kier molecular flexibility index (Phi) is 8.72. The molecule has 1 amide bonds. The highest BCUT2D eigenvalue weighted by molar-refractivity contribution is 5.76. The lowest BCUT2D eigenvalue weighted by molar-refractivity contribution is -0.124. The number of anilines is 1. The molecule has 0 radical (unpaired) electrons. The lowest BCUT2D eigenvalue weighted by atomic mass is 10.0. The van der Waals surface area contributed by atoms with Crippen LogP contribution in [0.5, 0.6) is 5.75 Å². The number of amides is 1. The molecule has 0 unspecified atom stereocenters. The van der Waals surface area contributed by atoms with E-state index < -0.39 is 18.6 Å². The van der Waals surface area contributed by atoms with Crippen molar-refractivity contribution in [3.63, 3.8) is 0 Å². The molecule has 1 aromatic carbocycles. The van der Waals surface area contributed by atoms with Crippen molar-refractivity contribution in [1.82, 2.24) is 25.4 Å². The van der Waals surface area contributed by atoms with Gasteiger partial charge in [-0.15, -0.1) is 0 Å². The van der Waals surface area contributed by atoms with Crippen LogP contribution in [0.15, 0.2) is 22.7 Å². The van der Waals surface area contributed by atoms with Crippen molar-refractivity contribution in [2.75, 3.05) is 25.1 Å². The van der Waals surface area contributed by atoms with E-state index in [0.717, 1.165) is 22.4 Å². The molecule has 3 aromatic rings. The third kappa shape index (κ3) is 6.96. The largest absolute Gasteiger partial charge is 0.490 e. The molecule has 0 spiro atoms. The summed E-state index contributed by atoms with van der Waals surface area (Å²) in [4.78, 5) is 24.6. The molecule has 0 bridgehead atoms. The normalized spacial score (nSPS) is 12.0. The molecule has 4 N–H and O–H groups in total. The first kappa shape index (κ1) is 26.0. The van der Waals surface area contributed by atoms with Crippen LogP contribution in [0.25, 0.3) is 23.0 Å². The second-order valence-corrected chi connectivity index (χ2v) is 8.50. The van der Waals surface area contributed by atoms with E-state index in [4.69, 9.17) is 14.4 Å². The highest BCUT2D eigenvalue weighted by Crippen LogP contribution is 2.31. The van der Waals surface area contributed by atoms with Crippen molar-refractivity contribution in [3.05, 3.63) is 35.0 Å². The molecule has 1 atom stereocenters. The summed E-state index contributed by atoms with van der Waals surface area (Å²) in [6.07, 6.45) is -0.239. The van der Waals surface area contributed by atoms with E-state index >= 15 is 0 Å². The van der Waals surface area contributed by atoms with Crippen LogP contribution in [0.4, 0.5) is 5.95 Å². The maximum atomic E-state index is 11.1. The summed E-state index contributed by atoms with van der Waals surface area (Å²) in [5.41, 5.74) is 3.84. The number of hydrogen-bond donors (Lipinski definition) is 4. The van der Waals surface area contributed by atoms with E-state index in [2.05, 4.69) is 30.7 Å². The molecule has 11 heteroatoms. The Morgan fingerprint density at radius 2 is 1.94 bits per heavy atom. The summed E-state index contributed by atoms with van der Waals surface area (Å²) in [6.45, 7) is 9.14. The number of nitrogens with one attached hydrogen (secondary N) is 2. The van der Waals surface area contributed by atoms with Gasteiger partial charge in [-0.1, -0.05) is 12.1 Å². The van der Waals surface area contributed by atoms with E-state index in [0.29, 0.717) is 35.5 Å². The lowest BCUT2D eigenvalue weighted by Gasteiger charge is -2.17. The Hall–Kier alpha value is -3.57. The zero-order valence-corrected chi connectivity index (χ0v) is 20.6. The summed E-state index contributed by atoms with van der Waals surface area (Å²) in [5, 5.41) is 28.5. The van der Waals surface area contributed by atoms with Crippen LogP contribution < -0.4 is 15.4 Å². The Morgan fingerprint density at radius 1 is 1.17 bits per heavy atom. The fraction of sp³-hybridized carbons (Fsp3) is 0.458. The molecular weight excluding hydrogens is 452 g/mol. The van der Waals surface area contributed by atoms with Crippen molar-refractivity contribution in [1.29, 1.82) is 0 Å². The van der Waals surface area contributed by atoms with Crippen LogP contribution >= 0.6 is 0 Å². The van der Waals surface area contributed by atoms with E-state index in [1.54, 1.807) is 6.07 Å². The smallest absolute Gasteiger partial charge is 0.258 e. The van der Waals surface area contributed by atoms with Crippen molar-refractivity contribution in [3.8, 4) is 28.7 Å². The van der Waals surface area contributed by atoms with E-state index in [1.165, 1.54) is 0 Å². The molecule has 0 saturated heterocycles. The van der Waals surface area contributed by atoms with Gasteiger partial charge >= 0.3 is 0 Å². The van der Waals surface area contributed by atoms with Crippen LogP contribution in [-0.4, -0.2) is 68.1 Å². The number of carbonyl (C=O) groups excluding carboxylic acids is 1. The molecule has 3 rings (SSSR count). The number of aryl methyl sites for hydroxylation is 3. The van der Waals surface area contributed by atoms with Gasteiger partial charge in [-0.2, -0.15) is 4.98 Å². The fourth-order valence-electron chi connectivity index (χ4n) is 3.42. The zero-order valence-electron chi connectivity index (χ0n) is 20.6. The Bertz CT molecular complexity index is 1160. The van der Waals surface area contributed by atoms with Gasteiger partial charge in [0.15, 0.2) is 0 Å². The van der Waals surface area contributed by atoms with Gasteiger partial charge in [0, 0.05) is 23.8 Å². The molecule has 11 nitrogen and oxygen atoms in total. The number of ether oxygens (including phenoxy) is 1. The van der Waals surface area contributed by atoms with E-state index in [9.17, 15) is 9.90 Å². The number of carbonyl (C=O) groups is 1. The predicted octanol–water partition coefficient (Wildman–Crippen LogP) is 2.04. The Balaban J connectivity index is 1.79. The van der Waals surface area contributed by atoms with Crippen LogP contribution in [0.1, 0.15) is 37.6 Å². The van der Waals surface area contributed by atoms with Gasteiger partial charge in [-0.05, 0) is 63.4 Å². The highest BCUT2D eigenvalue weighted by atomic mass is 16.5. The van der Waals surface area contributed by atoms with Crippen LogP contribution in [-0.2, 0) is 11.2 Å². The topological polar surface area (TPSA) is 156 Å². The molecule has 0 aliphatic carbocycles. The van der Waals surface area contributed by atoms with Crippen molar-refractivity contribution < 1.29 is 24.3 Å². The quantitative estimate of drug-likeness (QED) is 0.318. The number of hydrogen-bond acceptors (Lipinski definition) is 10. The summed E-state index contributed by atoms with van der Waals surface area (Å²) in [7, 11) is 0. The standard InChI is InChI=1S/C24H32N6O5/c1-6-16-9-17(7-14(4)21(16)34-12-18(32)10-25-20(33)11-31)23-29-22(30-35-23)19-8-15(5)27-24(28-19)26-13(2)3/h7-9,13,18,31-32H,6,10-12H2,1-5H3,(H,25,33)(H,26,27,28)/t18-/m0/s1. The first-order chi connectivity index (χ1) is 16.7. The number of aromatic nitrogens is 4. The van der Waals surface area contributed by atoms with Gasteiger partial charge in [-0.25, -0.2) is 9.97 Å². The molecule has 2 heterocycles. The maximum Gasteiger partial charge on any atom is 0.258 e. The van der Waals surface area contributed by atoms with E-state index in [-0.39, 0.29) is 19.2 Å². The summed E-state index contributed by atoms with van der Waals surface area (Å²) in [6, 6.07) is 5.77. The molecule has 0 aliphatic heterocycles. The predicted molar refractivity (Wildman–Crippen MR) is 130 cm³/mol. The number of aliphatic hydroxyl groups is 2. The van der Waals surface area contributed by atoms with Gasteiger partial charge in [0.05, 0.1) is 0 Å². The first-order valence-electron chi connectivity index (χ1n) is 11.5. The summed E-state index contributed by atoms with van der Waals surface area (Å²) < 4.78 is 11.4. The summed E-state index contributed by atoms with van der Waals surface area (Å²) in [5.74, 6) is 1.32. The van der Waals surface area contributed by atoms with Gasteiger partial charge in [0.25, 0.3) is 5.89 Å².